The van der Waals surface area contributed by atoms with Crippen molar-refractivity contribution in [2.75, 3.05) is 26.8 Å². The van der Waals surface area contributed by atoms with Crippen LogP contribution in [0.5, 0.6) is 23.0 Å². The number of aliphatic hydroxyl groups excluding tert-OH is 3. The van der Waals surface area contributed by atoms with Gasteiger partial charge in [-0.3, -0.25) is 4.79 Å². The molecule has 2 aromatic rings. The van der Waals surface area contributed by atoms with Gasteiger partial charge in [0.25, 0.3) is 0 Å². The van der Waals surface area contributed by atoms with E-state index in [1.807, 2.05) is 36.4 Å². The Morgan fingerprint density at radius 3 is 2.10 bits per heavy atom. The minimum Gasteiger partial charge on any atom is -0.463 e. The van der Waals surface area contributed by atoms with Crippen LogP contribution in [0.2, 0.25) is 0 Å². The summed E-state index contributed by atoms with van der Waals surface area (Å²) < 4.78 is 51.9. The third-order valence-corrected chi connectivity index (χ3v) is 8.13. The summed E-state index contributed by atoms with van der Waals surface area (Å²) in [6.45, 7) is 1.51. The first-order valence-corrected chi connectivity index (χ1v) is 13.4. The van der Waals surface area contributed by atoms with Crippen LogP contribution in [0.15, 0.2) is 36.4 Å². The van der Waals surface area contributed by atoms with E-state index in [0.29, 0.717) is 29.6 Å². The van der Waals surface area contributed by atoms with Crippen molar-refractivity contribution in [3.63, 3.8) is 0 Å². The molecule has 41 heavy (non-hydrogen) atoms. The van der Waals surface area contributed by atoms with E-state index in [9.17, 15) is 20.1 Å². The first kappa shape index (κ1) is 26.7. The van der Waals surface area contributed by atoms with Crippen LogP contribution < -0.4 is 18.9 Å². The summed E-state index contributed by atoms with van der Waals surface area (Å²) in [4.78, 5) is 11.3. The predicted octanol–water partition coefficient (Wildman–Crippen LogP) is 0.933. The summed E-state index contributed by atoms with van der Waals surface area (Å²) in [5, 5.41) is 31.7. The van der Waals surface area contributed by atoms with E-state index < -0.39 is 55.2 Å². The molecule has 7 rings (SSSR count). The molecule has 0 aromatic heterocycles. The Morgan fingerprint density at radius 1 is 0.805 bits per heavy atom. The Labute approximate surface area is 234 Å². The van der Waals surface area contributed by atoms with E-state index in [0.717, 1.165) is 11.1 Å². The smallest absolute Gasteiger partial charge is 0.302 e. The number of fused-ring (bicyclic) bond motifs is 3. The van der Waals surface area contributed by atoms with Crippen LogP contribution >= 0.6 is 0 Å². The van der Waals surface area contributed by atoms with Gasteiger partial charge in [-0.1, -0.05) is 12.1 Å². The molecule has 5 heterocycles. The number of rotatable bonds is 6. The fourth-order valence-corrected chi connectivity index (χ4v) is 6.08. The Kier molecular flexibility index (Phi) is 6.90. The lowest BCUT2D eigenvalue weighted by molar-refractivity contribution is -0.341. The summed E-state index contributed by atoms with van der Waals surface area (Å²) in [6, 6.07) is 11.2. The minimum absolute atomic E-state index is 0.136. The lowest BCUT2D eigenvalue weighted by atomic mass is 9.84. The molecule has 3 N–H and O–H groups in total. The third-order valence-electron chi connectivity index (χ3n) is 8.13. The fraction of sp³-hybridized carbons (Fsp3) is 0.536. The van der Waals surface area contributed by atoms with Crippen LogP contribution in [0.4, 0.5) is 0 Å². The first-order valence-electron chi connectivity index (χ1n) is 13.4. The van der Waals surface area contributed by atoms with Crippen LogP contribution in [0.1, 0.15) is 30.3 Å². The van der Waals surface area contributed by atoms with Crippen LogP contribution in [0.25, 0.3) is 0 Å². The highest BCUT2D eigenvalue weighted by atomic mass is 16.8. The fourth-order valence-electron chi connectivity index (χ4n) is 6.08. The van der Waals surface area contributed by atoms with Crippen molar-refractivity contribution in [3.05, 3.63) is 47.5 Å². The monoisotopic (exact) mass is 574 g/mol. The summed E-state index contributed by atoms with van der Waals surface area (Å²) in [7, 11) is 0. The highest BCUT2D eigenvalue weighted by Crippen LogP contribution is 2.55. The van der Waals surface area contributed by atoms with Gasteiger partial charge in [-0.15, -0.1) is 0 Å². The average Bonchev–Trinajstić information content (AvgIpc) is 3.76. The second-order valence-corrected chi connectivity index (χ2v) is 10.6. The molecule has 0 bridgehead atoms. The van der Waals surface area contributed by atoms with Crippen molar-refractivity contribution in [2.45, 2.75) is 56.1 Å². The average molecular weight is 575 g/mol. The van der Waals surface area contributed by atoms with Gasteiger partial charge < -0.3 is 58.0 Å². The first-order chi connectivity index (χ1) is 19.9. The molecule has 0 saturated carbocycles. The number of aliphatic hydroxyl groups is 3. The normalized spacial score (nSPS) is 36.8. The van der Waals surface area contributed by atoms with Gasteiger partial charge in [-0.25, -0.2) is 0 Å². The summed E-state index contributed by atoms with van der Waals surface area (Å²) in [5.74, 6) is 1.39. The molecule has 3 fully saturated rings. The van der Waals surface area contributed by atoms with Crippen LogP contribution in [0, 0.1) is 11.8 Å². The van der Waals surface area contributed by atoms with Crippen molar-refractivity contribution >= 4 is 5.97 Å². The second kappa shape index (κ2) is 10.6. The molecule has 0 radical (unpaired) electrons. The molecule has 0 aliphatic carbocycles. The summed E-state index contributed by atoms with van der Waals surface area (Å²) >= 11 is 0. The molecule has 0 unspecified atom stereocenters. The van der Waals surface area contributed by atoms with E-state index in [1.54, 1.807) is 0 Å². The van der Waals surface area contributed by atoms with E-state index in [2.05, 4.69) is 0 Å². The van der Waals surface area contributed by atoms with Crippen molar-refractivity contribution in [1.29, 1.82) is 0 Å². The highest BCUT2D eigenvalue weighted by Gasteiger charge is 2.56. The molecule has 13 nitrogen and oxygen atoms in total. The molecule has 5 aliphatic heterocycles. The topological polar surface area (TPSA) is 161 Å². The molecule has 10 atom stereocenters. The Bertz CT molecular complexity index is 1250. The van der Waals surface area contributed by atoms with Gasteiger partial charge in [0.15, 0.2) is 35.6 Å². The lowest BCUT2D eigenvalue weighted by Crippen LogP contribution is -2.60. The molecule has 13 heteroatoms. The van der Waals surface area contributed by atoms with Gasteiger partial charge in [-0.2, -0.15) is 0 Å². The third kappa shape index (κ3) is 4.77. The molecule has 220 valence electrons. The zero-order valence-corrected chi connectivity index (χ0v) is 22.0. The van der Waals surface area contributed by atoms with Gasteiger partial charge in [0, 0.05) is 18.8 Å². The molecular weight excluding hydrogens is 544 g/mol. The number of hydrogen-bond acceptors (Lipinski definition) is 13. The standard InChI is InChI=1S/C28H30O13/c1-12(29)33-9-20-22(30)23(31)24(32)28(39-20)41-27-21-15(25(40-27)13-2-4-16-18(6-13)37-10-35-16)8-34-26(21)14-3-5-17-19(7-14)38-11-36-17/h2-7,15,20-28,30-32H,8-11H2,1H3/t15-,20-,21+,22+,23-,24+,25-,26-,27+,28-/m0/s1. The highest BCUT2D eigenvalue weighted by molar-refractivity contribution is 5.65. The summed E-state index contributed by atoms with van der Waals surface area (Å²) in [5.41, 5.74) is 1.66. The van der Waals surface area contributed by atoms with Crippen LogP contribution in [-0.2, 0) is 28.5 Å². The number of ether oxygens (including phenoxy) is 9. The maximum absolute atomic E-state index is 11.3. The number of benzene rings is 2. The van der Waals surface area contributed by atoms with E-state index in [-0.39, 0.29) is 32.0 Å². The van der Waals surface area contributed by atoms with E-state index in [1.165, 1.54) is 6.92 Å². The van der Waals surface area contributed by atoms with Crippen molar-refractivity contribution in [2.24, 2.45) is 11.8 Å². The molecule has 0 amide bonds. The Hall–Kier alpha value is -3.17. The van der Waals surface area contributed by atoms with Crippen molar-refractivity contribution < 1.29 is 62.7 Å². The quantitative estimate of drug-likeness (QED) is 0.419. The largest absolute Gasteiger partial charge is 0.463 e. The maximum atomic E-state index is 11.3. The number of carbonyl (C=O) groups is 1. The second-order valence-electron chi connectivity index (χ2n) is 10.6. The molecular formula is C28H30O13. The number of carbonyl (C=O) groups excluding carboxylic acids is 1. The van der Waals surface area contributed by atoms with E-state index >= 15 is 0 Å². The van der Waals surface area contributed by atoms with Gasteiger partial charge >= 0.3 is 5.97 Å². The molecule has 0 spiro atoms. The summed E-state index contributed by atoms with van der Waals surface area (Å²) in [6.07, 6.45) is -9.12. The van der Waals surface area contributed by atoms with Crippen molar-refractivity contribution in [3.8, 4) is 23.0 Å². The lowest BCUT2D eigenvalue weighted by Gasteiger charge is -2.41. The SMILES string of the molecule is CC(=O)OC[C@@H]1O[C@@H](O[C@H]2O[C@@H](c3ccc4c(c3)OCO4)[C@H]3CO[C@@H](c4ccc5c(c4)OCO5)[C@H]23)[C@H](O)[C@@H](O)[C@@H]1O. The minimum atomic E-state index is -1.61. The molecule has 5 aliphatic rings. The van der Waals surface area contributed by atoms with Crippen LogP contribution in [-0.4, -0.2) is 85.1 Å². The van der Waals surface area contributed by atoms with Gasteiger partial charge in [0.2, 0.25) is 13.6 Å². The van der Waals surface area contributed by atoms with Gasteiger partial charge in [0.1, 0.15) is 31.0 Å². The predicted molar refractivity (Wildman–Crippen MR) is 133 cm³/mol. The zero-order valence-electron chi connectivity index (χ0n) is 22.0. The van der Waals surface area contributed by atoms with Crippen molar-refractivity contribution in [1.82, 2.24) is 0 Å². The van der Waals surface area contributed by atoms with Crippen LogP contribution in [0.3, 0.4) is 0 Å². The number of hydrogen-bond donors (Lipinski definition) is 3. The Morgan fingerprint density at radius 2 is 1.44 bits per heavy atom. The van der Waals surface area contributed by atoms with Gasteiger partial charge in [-0.05, 0) is 35.4 Å². The number of esters is 1. The molecule has 3 saturated heterocycles. The van der Waals surface area contributed by atoms with E-state index in [4.69, 9.17) is 42.6 Å². The maximum Gasteiger partial charge on any atom is 0.302 e. The molecule has 2 aromatic carbocycles. The Balaban J connectivity index is 1.18. The van der Waals surface area contributed by atoms with Gasteiger partial charge in [0.05, 0.1) is 18.8 Å². The zero-order chi connectivity index (χ0) is 28.2.